The highest BCUT2D eigenvalue weighted by molar-refractivity contribution is 8.00. The molecule has 14 heteroatoms. The predicted molar refractivity (Wildman–Crippen MR) is 233 cm³/mol. The monoisotopic (exact) mass is 824 g/mol. The van der Waals surface area contributed by atoms with E-state index in [9.17, 15) is 10.1 Å². The number of benzene rings is 2. The lowest BCUT2D eigenvalue weighted by molar-refractivity contribution is -0.125. The van der Waals surface area contributed by atoms with E-state index in [1.807, 2.05) is 6.07 Å². The van der Waals surface area contributed by atoms with Crippen LogP contribution in [0, 0.1) is 28.6 Å². The molecule has 59 heavy (non-hydrogen) atoms. The fraction of sp³-hybridized carbons (Fsp3) is 0.667. The molecule has 13 nitrogen and oxygen atoms in total. The van der Waals surface area contributed by atoms with Crippen molar-refractivity contribution in [3.8, 4) is 17.6 Å². The van der Waals surface area contributed by atoms with E-state index in [4.69, 9.17) is 14.5 Å². The largest absolute Gasteiger partial charge is 0.495 e. The molecule has 6 heterocycles. The molecule has 0 radical (unpaired) electrons. The van der Waals surface area contributed by atoms with Gasteiger partial charge in [0, 0.05) is 66.3 Å². The minimum Gasteiger partial charge on any atom is -0.495 e. The van der Waals surface area contributed by atoms with Crippen molar-refractivity contribution in [2.45, 2.75) is 139 Å². The number of aliphatic imine (C=N–C) groups is 1. The Bertz CT molecular complexity index is 1890. The number of carbonyl (C=O) groups is 1. The van der Waals surface area contributed by atoms with E-state index < -0.39 is 0 Å². The Hall–Kier alpha value is -3.42. The van der Waals surface area contributed by atoms with Crippen LogP contribution in [-0.2, 0) is 4.79 Å². The first kappa shape index (κ1) is 41.0. The summed E-state index contributed by atoms with van der Waals surface area (Å²) in [5.74, 6) is 2.27. The van der Waals surface area contributed by atoms with Crippen LogP contribution in [0.15, 0.2) is 47.5 Å². The molecule has 0 aromatic heterocycles. The van der Waals surface area contributed by atoms with Crippen molar-refractivity contribution in [3.63, 3.8) is 0 Å². The Morgan fingerprint density at radius 1 is 0.949 bits per heavy atom. The third-order valence-electron chi connectivity index (χ3n) is 14.8. The number of thioether (sulfide) groups is 1. The summed E-state index contributed by atoms with van der Waals surface area (Å²) in [5, 5.41) is 13.6. The average molecular weight is 825 g/mol. The van der Waals surface area contributed by atoms with Gasteiger partial charge in [-0.25, -0.2) is 21.7 Å². The van der Waals surface area contributed by atoms with Crippen molar-refractivity contribution in [1.82, 2.24) is 36.8 Å². The molecule has 0 bridgehead atoms. The summed E-state index contributed by atoms with van der Waals surface area (Å²) in [5.41, 5.74) is 18.7. The van der Waals surface area contributed by atoms with Gasteiger partial charge in [0.25, 0.3) is 0 Å². The topological polar surface area (TPSA) is 142 Å². The van der Waals surface area contributed by atoms with E-state index in [0.717, 1.165) is 64.7 Å². The van der Waals surface area contributed by atoms with Crippen molar-refractivity contribution in [2.24, 2.45) is 22.2 Å². The standard InChI is InChI=1S/C45H64N10O3S/c1-27-29(3)59-44-40(27)41(47-28(2)42-52-49-30(4)55(42)44)31-7-12-34(13-8-31)53-21-6-19-45(25-53)20-22-54(26-45)39-18-17-37(50-51-39)43(56)48-33-10-15-35(16-11-33)58-36-14-9-32(24-46)38(23-36)57-5/h7-9,12-14,23,27-30,33,35,37,39-40,42,44,49-52H,6,10-11,15-22,25-26H2,1-5H3,(H,48,56)/t27?,28-,29?,30?,33?,35?,37?,39?,40?,42?,44?,45?/m0/s1. The lowest BCUT2D eigenvalue weighted by Crippen LogP contribution is -2.62. The summed E-state index contributed by atoms with van der Waals surface area (Å²) < 4.78 is 11.6. The second-order valence-corrected chi connectivity index (χ2v) is 20.0. The van der Waals surface area contributed by atoms with Gasteiger partial charge in [0.05, 0.1) is 48.7 Å². The zero-order chi connectivity index (χ0) is 40.8. The molecular weight excluding hydrogens is 761 g/mol. The number of amides is 1. The first-order chi connectivity index (χ1) is 28.6. The van der Waals surface area contributed by atoms with Gasteiger partial charge in [0.15, 0.2) is 0 Å². The van der Waals surface area contributed by atoms with Crippen molar-refractivity contribution in [2.75, 3.05) is 38.2 Å². The number of nitrogens with one attached hydrogen (secondary N) is 5. The summed E-state index contributed by atoms with van der Waals surface area (Å²) in [4.78, 5) is 26.7. The summed E-state index contributed by atoms with van der Waals surface area (Å²) in [6.07, 6.45) is 9.75. The van der Waals surface area contributed by atoms with E-state index in [-0.39, 0.29) is 54.0 Å². The van der Waals surface area contributed by atoms with Gasteiger partial charge in [-0.15, -0.1) is 11.8 Å². The molecule has 1 aliphatic carbocycles. The molecule has 10 atom stereocenters. The van der Waals surface area contributed by atoms with Gasteiger partial charge in [-0.2, -0.15) is 5.26 Å². The van der Waals surface area contributed by atoms with E-state index in [0.29, 0.717) is 39.5 Å². The average Bonchev–Trinajstić information content (AvgIpc) is 3.92. The van der Waals surface area contributed by atoms with Crippen LogP contribution < -0.4 is 41.4 Å². The van der Waals surface area contributed by atoms with Gasteiger partial charge < -0.3 is 19.7 Å². The van der Waals surface area contributed by atoms with Crippen LogP contribution in [0.1, 0.15) is 96.6 Å². The second-order valence-electron chi connectivity index (χ2n) is 18.5. The maximum Gasteiger partial charge on any atom is 0.238 e. The van der Waals surface area contributed by atoms with E-state index in [1.54, 1.807) is 19.2 Å². The third kappa shape index (κ3) is 8.21. The fourth-order valence-electron chi connectivity index (χ4n) is 11.2. The number of likely N-dealkylation sites (tertiary alicyclic amines) is 1. The quantitative estimate of drug-likeness (QED) is 0.247. The minimum absolute atomic E-state index is 0.0815. The number of anilines is 1. The Morgan fingerprint density at radius 3 is 2.51 bits per heavy atom. The summed E-state index contributed by atoms with van der Waals surface area (Å²) in [7, 11) is 1.56. The molecule has 7 aliphatic rings. The number of hydrogen-bond acceptors (Lipinski definition) is 13. The number of hydrogen-bond donors (Lipinski definition) is 5. The molecule has 1 saturated carbocycles. The number of methoxy groups -OCH3 is 1. The maximum absolute atomic E-state index is 13.4. The van der Waals surface area contributed by atoms with Crippen LogP contribution in [0.5, 0.6) is 11.5 Å². The number of rotatable bonds is 8. The normalized spacial score (nSPS) is 37.6. The highest BCUT2D eigenvalue weighted by atomic mass is 32.2. The van der Waals surface area contributed by atoms with Crippen LogP contribution >= 0.6 is 11.8 Å². The molecule has 9 rings (SSSR count). The number of nitrogens with zero attached hydrogens (tertiary/aromatic N) is 5. The zero-order valence-electron chi connectivity index (χ0n) is 35.5. The minimum atomic E-state index is -0.234. The van der Waals surface area contributed by atoms with Crippen LogP contribution in [-0.4, -0.2) is 108 Å². The number of fused-ring (bicyclic) bond motifs is 3. The van der Waals surface area contributed by atoms with Crippen molar-refractivity contribution < 1.29 is 14.3 Å². The Balaban J connectivity index is 0.752. The zero-order valence-corrected chi connectivity index (χ0v) is 36.3. The molecule has 1 amide bonds. The van der Waals surface area contributed by atoms with Gasteiger partial charge in [-0.3, -0.25) is 19.6 Å². The third-order valence-corrected chi connectivity index (χ3v) is 16.4. The van der Waals surface area contributed by atoms with Gasteiger partial charge >= 0.3 is 0 Å². The molecule has 5 N–H and O–H groups in total. The lowest BCUT2D eigenvalue weighted by Gasteiger charge is -2.43. The number of nitriles is 1. The molecule has 318 valence electrons. The van der Waals surface area contributed by atoms with E-state index in [2.05, 4.69) is 112 Å². The first-order valence-electron chi connectivity index (χ1n) is 22.3. The number of carbonyl (C=O) groups excluding carboxylic acids is 1. The molecular formula is C45H64N10O3S. The van der Waals surface area contributed by atoms with Gasteiger partial charge in [-0.05, 0) is 107 Å². The van der Waals surface area contributed by atoms with Gasteiger partial charge in [0.1, 0.15) is 23.6 Å². The molecule has 6 fully saturated rings. The molecule has 1 spiro atoms. The van der Waals surface area contributed by atoms with Crippen LogP contribution in [0.4, 0.5) is 5.69 Å². The smallest absolute Gasteiger partial charge is 0.238 e. The molecule has 2 aromatic rings. The Morgan fingerprint density at radius 2 is 1.76 bits per heavy atom. The van der Waals surface area contributed by atoms with Crippen molar-refractivity contribution in [3.05, 3.63) is 53.6 Å². The highest BCUT2D eigenvalue weighted by Crippen LogP contribution is 2.49. The summed E-state index contributed by atoms with van der Waals surface area (Å²) >= 11 is 2.12. The Labute approximate surface area is 354 Å². The van der Waals surface area contributed by atoms with E-state index >= 15 is 0 Å². The van der Waals surface area contributed by atoms with Crippen LogP contribution in [0.3, 0.4) is 0 Å². The lowest BCUT2D eigenvalue weighted by atomic mass is 9.79. The van der Waals surface area contributed by atoms with Gasteiger partial charge in [0.2, 0.25) is 5.91 Å². The second kappa shape index (κ2) is 17.2. The highest BCUT2D eigenvalue weighted by Gasteiger charge is 2.52. The van der Waals surface area contributed by atoms with Crippen LogP contribution in [0.25, 0.3) is 0 Å². The number of hydrazine groups is 2. The summed E-state index contributed by atoms with van der Waals surface area (Å²) in [6.45, 7) is 13.7. The van der Waals surface area contributed by atoms with Crippen molar-refractivity contribution >= 4 is 29.1 Å². The molecule has 6 aliphatic heterocycles. The van der Waals surface area contributed by atoms with Crippen LogP contribution in [0.2, 0.25) is 0 Å². The predicted octanol–water partition coefficient (Wildman–Crippen LogP) is 4.94. The van der Waals surface area contributed by atoms with E-state index in [1.165, 1.54) is 36.2 Å². The molecule has 2 aromatic carbocycles. The Kier molecular flexibility index (Phi) is 11.9. The number of piperidine rings is 1. The maximum atomic E-state index is 13.4. The number of ether oxygens (including phenoxy) is 2. The van der Waals surface area contributed by atoms with Crippen molar-refractivity contribution in [1.29, 1.82) is 5.26 Å². The summed E-state index contributed by atoms with van der Waals surface area (Å²) in [6, 6.07) is 17.0. The molecule has 5 saturated heterocycles. The molecule has 9 unspecified atom stereocenters. The fourth-order valence-corrected chi connectivity index (χ4v) is 13.1. The SMILES string of the molecule is COc1cc(OC2CCC(NC(=O)C3CCC(N4CCC5(CCCN(c6ccc(C7=N[C@@H](C)C8NNC(C)N8C8SC(C)C(C)C78)cc6)C5)C4)NN3)CC2)ccc1C#N. The first-order valence-corrected chi connectivity index (χ1v) is 23.2. The van der Waals surface area contributed by atoms with Gasteiger partial charge in [-0.1, -0.05) is 26.0 Å².